The molecule has 2 aliphatic rings. The molecule has 9 nitrogen and oxygen atoms in total. The maximum atomic E-state index is 13.7. The van der Waals surface area contributed by atoms with E-state index in [4.69, 9.17) is 9.47 Å². The minimum Gasteiger partial charge on any atom is -0.497 e. The van der Waals surface area contributed by atoms with Crippen LogP contribution in [0.25, 0.3) is 0 Å². The van der Waals surface area contributed by atoms with Gasteiger partial charge in [-0.15, -0.1) is 0 Å². The number of thioether (sulfide) groups is 1. The average molecular weight is 574 g/mol. The fraction of sp³-hybridized carbons (Fsp3) is 0.172. The molecular weight excluding hydrogens is 550 g/mol. The van der Waals surface area contributed by atoms with Crippen LogP contribution in [0.2, 0.25) is 0 Å². The van der Waals surface area contributed by atoms with Crippen LogP contribution < -0.4 is 24.6 Å². The minimum absolute atomic E-state index is 0.196. The molecular formula is C29H23N3O6S2. The summed E-state index contributed by atoms with van der Waals surface area (Å²) < 4.78 is 10.8. The first-order chi connectivity index (χ1) is 19.4. The average Bonchev–Trinajstić information content (AvgIpc) is 3.47. The molecule has 3 heterocycles. The number of H-pyrrole nitrogens is 1. The van der Waals surface area contributed by atoms with Crippen molar-refractivity contribution in [2.75, 3.05) is 23.9 Å². The second kappa shape index (κ2) is 10.7. The van der Waals surface area contributed by atoms with Crippen molar-refractivity contribution in [2.24, 2.45) is 5.92 Å². The summed E-state index contributed by atoms with van der Waals surface area (Å²) in [5.41, 5.74) is 1.92. The largest absolute Gasteiger partial charge is 0.497 e. The number of methoxy groups -OCH3 is 1. The number of nitrogens with one attached hydrogen (secondary N) is 2. The predicted octanol–water partition coefficient (Wildman–Crippen LogP) is 4.26. The first-order valence-corrected chi connectivity index (χ1v) is 14.1. The van der Waals surface area contributed by atoms with Gasteiger partial charge in [-0.1, -0.05) is 53.4 Å². The zero-order valence-corrected chi connectivity index (χ0v) is 22.8. The Kier molecular flexibility index (Phi) is 6.91. The van der Waals surface area contributed by atoms with Crippen molar-refractivity contribution < 1.29 is 23.9 Å². The minimum atomic E-state index is -0.668. The third-order valence-corrected chi connectivity index (χ3v) is 9.22. The highest BCUT2D eigenvalue weighted by molar-refractivity contribution is 8.00. The van der Waals surface area contributed by atoms with Gasteiger partial charge in [0.15, 0.2) is 6.61 Å². The number of imide groups is 1. The van der Waals surface area contributed by atoms with Crippen LogP contribution in [0.5, 0.6) is 11.5 Å². The second-order valence-corrected chi connectivity index (χ2v) is 11.4. The van der Waals surface area contributed by atoms with Crippen molar-refractivity contribution in [1.82, 2.24) is 4.98 Å². The maximum Gasteiger partial charge on any atom is 0.305 e. The van der Waals surface area contributed by atoms with Gasteiger partial charge in [-0.3, -0.25) is 19.2 Å². The molecule has 3 atom stereocenters. The molecule has 4 aromatic rings. The number of amides is 3. The van der Waals surface area contributed by atoms with E-state index in [1.807, 2.05) is 18.2 Å². The van der Waals surface area contributed by atoms with E-state index in [9.17, 15) is 19.2 Å². The Bertz CT molecular complexity index is 1630. The normalized spacial score (nSPS) is 19.6. The van der Waals surface area contributed by atoms with E-state index in [1.54, 1.807) is 67.8 Å². The van der Waals surface area contributed by atoms with Crippen LogP contribution >= 0.6 is 23.1 Å². The number of carbonyl (C=O) groups excluding carboxylic acids is 3. The number of aromatic amines is 1. The SMILES string of the molecule is COc1ccc(NC(=O)COc2ccc([C@H]3c4sc(=O)[nH]c4SC4C(=O)N(c5ccccc5)C(=O)C43)cc2)cc1. The molecule has 0 spiro atoms. The van der Waals surface area contributed by atoms with Crippen LogP contribution in [0.3, 0.4) is 0 Å². The van der Waals surface area contributed by atoms with E-state index in [1.165, 1.54) is 16.7 Å². The van der Waals surface area contributed by atoms with Crippen LogP contribution in [-0.4, -0.2) is 41.7 Å². The molecule has 2 unspecified atom stereocenters. The van der Waals surface area contributed by atoms with Gasteiger partial charge in [-0.2, -0.15) is 0 Å². The van der Waals surface area contributed by atoms with Gasteiger partial charge >= 0.3 is 4.87 Å². The highest BCUT2D eigenvalue weighted by Gasteiger charge is 2.56. The summed E-state index contributed by atoms with van der Waals surface area (Å²) in [6.45, 7) is -0.196. The molecule has 0 bridgehead atoms. The molecule has 1 fully saturated rings. The number of hydrogen-bond acceptors (Lipinski definition) is 8. The number of rotatable bonds is 7. The Morgan fingerprint density at radius 1 is 0.925 bits per heavy atom. The van der Waals surface area contributed by atoms with Crippen molar-refractivity contribution in [3.8, 4) is 11.5 Å². The third-order valence-electron chi connectivity index (χ3n) is 6.82. The Morgan fingerprint density at radius 3 is 2.33 bits per heavy atom. The van der Waals surface area contributed by atoms with E-state index < -0.39 is 17.1 Å². The van der Waals surface area contributed by atoms with E-state index in [2.05, 4.69) is 10.3 Å². The first-order valence-electron chi connectivity index (χ1n) is 12.4. The van der Waals surface area contributed by atoms with Crippen molar-refractivity contribution in [1.29, 1.82) is 0 Å². The summed E-state index contributed by atoms with van der Waals surface area (Å²) in [5.74, 6) is -0.900. The summed E-state index contributed by atoms with van der Waals surface area (Å²) in [5, 5.41) is 2.72. The lowest BCUT2D eigenvalue weighted by atomic mass is 9.83. The quantitative estimate of drug-likeness (QED) is 0.317. The first kappa shape index (κ1) is 25.9. The van der Waals surface area contributed by atoms with Crippen LogP contribution in [0, 0.1) is 5.92 Å². The highest BCUT2D eigenvalue weighted by atomic mass is 32.2. The Hall–Kier alpha value is -4.35. The van der Waals surface area contributed by atoms with Gasteiger partial charge < -0.3 is 19.8 Å². The van der Waals surface area contributed by atoms with E-state index in [0.717, 1.165) is 21.8 Å². The fourth-order valence-electron chi connectivity index (χ4n) is 5.00. The number of para-hydroxylation sites is 1. The molecule has 11 heteroatoms. The Balaban J connectivity index is 1.22. The molecule has 0 saturated carbocycles. The van der Waals surface area contributed by atoms with Gasteiger partial charge in [0.05, 0.1) is 23.7 Å². The standard InChI is InChI=1S/C29H23N3O6S2/c1-37-19-13-9-17(10-14-19)30-21(33)15-38-20-11-7-16(8-12-20)22-23-25(39-26-24(22)40-29(36)31-26)28(35)32(27(23)34)18-5-3-2-4-6-18/h2-14,22-23,25H,15H2,1H3,(H,30,33)(H,31,36)/t22-,23?,25?/m1/s1. The van der Waals surface area contributed by atoms with Gasteiger partial charge in [0.1, 0.15) is 16.7 Å². The lowest BCUT2D eigenvalue weighted by molar-refractivity contribution is -0.122. The number of fused-ring (bicyclic) bond motifs is 2. The number of benzene rings is 3. The number of anilines is 2. The topological polar surface area (TPSA) is 118 Å². The highest BCUT2D eigenvalue weighted by Crippen LogP contribution is 2.53. The summed E-state index contributed by atoms with van der Waals surface area (Å²) in [6, 6.07) is 22.9. The number of ether oxygens (including phenoxy) is 2. The van der Waals surface area contributed by atoms with Crippen molar-refractivity contribution >= 4 is 52.2 Å². The molecule has 0 radical (unpaired) electrons. The van der Waals surface area contributed by atoms with Crippen molar-refractivity contribution in [3.63, 3.8) is 0 Å². The summed E-state index contributed by atoms with van der Waals surface area (Å²) in [4.78, 5) is 56.4. The lowest BCUT2D eigenvalue weighted by Gasteiger charge is -2.29. The molecule has 3 aromatic carbocycles. The van der Waals surface area contributed by atoms with E-state index in [0.29, 0.717) is 27.9 Å². The van der Waals surface area contributed by atoms with E-state index in [-0.39, 0.29) is 29.2 Å². The van der Waals surface area contributed by atoms with Gasteiger partial charge in [-0.05, 0) is 54.1 Å². The van der Waals surface area contributed by atoms with Crippen molar-refractivity contribution in [3.05, 3.63) is 99.0 Å². The number of carbonyl (C=O) groups is 3. The molecule has 40 heavy (non-hydrogen) atoms. The van der Waals surface area contributed by atoms with Crippen LogP contribution in [0.4, 0.5) is 11.4 Å². The number of hydrogen-bond donors (Lipinski definition) is 2. The smallest absolute Gasteiger partial charge is 0.305 e. The van der Waals surface area contributed by atoms with Crippen LogP contribution in [0.1, 0.15) is 16.4 Å². The van der Waals surface area contributed by atoms with Crippen LogP contribution in [0.15, 0.2) is 88.7 Å². The van der Waals surface area contributed by atoms with Crippen LogP contribution in [-0.2, 0) is 14.4 Å². The number of thiazole rings is 1. The summed E-state index contributed by atoms with van der Waals surface area (Å²) in [7, 11) is 1.57. The van der Waals surface area contributed by atoms with Gasteiger partial charge in [0, 0.05) is 16.5 Å². The molecule has 3 amide bonds. The zero-order chi connectivity index (χ0) is 27.8. The monoisotopic (exact) mass is 573 g/mol. The fourth-order valence-corrected chi connectivity index (χ4v) is 7.51. The van der Waals surface area contributed by atoms with Crippen molar-refractivity contribution in [2.45, 2.75) is 16.2 Å². The molecule has 2 N–H and O–H groups in total. The zero-order valence-electron chi connectivity index (χ0n) is 21.2. The molecule has 0 aliphatic carbocycles. The maximum absolute atomic E-state index is 13.7. The van der Waals surface area contributed by atoms with E-state index >= 15 is 0 Å². The third kappa shape index (κ3) is 4.78. The molecule has 1 saturated heterocycles. The van der Waals surface area contributed by atoms with Gasteiger partial charge in [0.2, 0.25) is 11.8 Å². The summed E-state index contributed by atoms with van der Waals surface area (Å²) >= 11 is 2.30. The Labute approximate surface area is 237 Å². The molecule has 202 valence electrons. The Morgan fingerprint density at radius 2 is 1.62 bits per heavy atom. The number of aromatic nitrogens is 1. The lowest BCUT2D eigenvalue weighted by Crippen LogP contribution is -2.32. The molecule has 1 aromatic heterocycles. The molecule has 2 aliphatic heterocycles. The predicted molar refractivity (Wildman–Crippen MR) is 152 cm³/mol. The number of nitrogens with zero attached hydrogens (tertiary/aromatic N) is 1. The second-order valence-electron chi connectivity index (χ2n) is 9.23. The van der Waals surface area contributed by atoms with Gasteiger partial charge in [-0.25, -0.2) is 4.90 Å². The van der Waals surface area contributed by atoms with Gasteiger partial charge in [0.25, 0.3) is 5.91 Å². The summed E-state index contributed by atoms with van der Waals surface area (Å²) in [6.07, 6.45) is 0. The molecule has 6 rings (SSSR count).